The van der Waals surface area contributed by atoms with E-state index in [0.717, 1.165) is 64.7 Å². The second-order valence-electron chi connectivity index (χ2n) is 13.0. The summed E-state index contributed by atoms with van der Waals surface area (Å²) in [7, 11) is 1.49. The van der Waals surface area contributed by atoms with Crippen molar-refractivity contribution < 1.29 is 23.4 Å². The number of piperazine rings is 1. The lowest BCUT2D eigenvalue weighted by Gasteiger charge is -2.32. The van der Waals surface area contributed by atoms with Crippen molar-refractivity contribution in [3.05, 3.63) is 41.5 Å². The minimum absolute atomic E-state index is 0.0271. The Kier molecular flexibility index (Phi) is 8.78. The van der Waals surface area contributed by atoms with Gasteiger partial charge in [-0.3, -0.25) is 4.90 Å². The Morgan fingerprint density at radius 3 is 2.43 bits per heavy atom. The fourth-order valence-corrected chi connectivity index (χ4v) is 7.76. The maximum absolute atomic E-state index is 17.0. The van der Waals surface area contributed by atoms with Gasteiger partial charge in [-0.2, -0.15) is 9.97 Å². The fraction of sp³-hybridized carbons (Fsp3) is 0.528. The summed E-state index contributed by atoms with van der Waals surface area (Å²) in [5.74, 6) is -0.0359. The molecule has 0 radical (unpaired) electrons. The molecule has 4 aromatic rings. The van der Waals surface area contributed by atoms with Crippen molar-refractivity contribution in [2.24, 2.45) is 5.92 Å². The highest BCUT2D eigenvalue weighted by atomic mass is 19.1. The van der Waals surface area contributed by atoms with E-state index in [1.54, 1.807) is 12.1 Å². The number of rotatable bonds is 8. The van der Waals surface area contributed by atoms with Gasteiger partial charge in [0.2, 0.25) is 5.88 Å². The number of fused-ring (bicyclic) bond motifs is 3. The molecule has 11 heteroatoms. The number of pyridine rings is 1. The number of ether oxygens (including phenoxy) is 2. The highest BCUT2D eigenvalue weighted by Gasteiger charge is 2.45. The number of phenols is 1. The molecule has 4 fully saturated rings. The SMILES string of the molecule is CC.COc1nc(-c2cc(O)cc3ccc(F)c(CC4CC4)c23)c(F)c2nc(OCC34CCCN3CCC4)nc(N3CCNCC3)c12. The summed E-state index contributed by atoms with van der Waals surface area (Å²) < 4.78 is 44.6. The first-order valence-electron chi connectivity index (χ1n) is 17.2. The third-order valence-corrected chi connectivity index (χ3v) is 10.2. The van der Waals surface area contributed by atoms with Crippen LogP contribution in [0.3, 0.4) is 0 Å². The summed E-state index contributed by atoms with van der Waals surface area (Å²) in [5, 5.41) is 15.6. The molecule has 0 amide bonds. The quantitative estimate of drug-likeness (QED) is 0.231. The number of hydrogen-bond acceptors (Lipinski definition) is 9. The van der Waals surface area contributed by atoms with E-state index in [1.165, 1.54) is 19.2 Å². The van der Waals surface area contributed by atoms with Crippen molar-refractivity contribution in [2.45, 2.75) is 64.3 Å². The van der Waals surface area contributed by atoms with Crippen LogP contribution in [0.15, 0.2) is 24.3 Å². The molecule has 0 atom stereocenters. The van der Waals surface area contributed by atoms with Gasteiger partial charge in [0, 0.05) is 31.7 Å². The monoisotopic (exact) mass is 646 g/mol. The van der Waals surface area contributed by atoms with Crippen molar-refractivity contribution >= 4 is 27.5 Å². The lowest BCUT2D eigenvalue weighted by Crippen LogP contribution is -2.44. The summed E-state index contributed by atoms with van der Waals surface area (Å²) in [6, 6.07) is 6.18. The average molecular weight is 647 g/mol. The van der Waals surface area contributed by atoms with Crippen LogP contribution in [0, 0.1) is 17.6 Å². The molecule has 3 saturated heterocycles. The van der Waals surface area contributed by atoms with Crippen LogP contribution < -0.4 is 19.7 Å². The standard InChI is InChI=1S/C34H38F2N6O3.C2H6/c1-44-32-27-30(28(36)29(38-32)24-18-22(43)17-21-6-7-25(35)23(26(21)24)16-20-4-5-20)39-33(40-31(27)41-14-10-37-11-15-41)45-19-34-8-2-12-42(34)13-3-9-34;1-2/h6-7,17-18,20,37,43H,2-5,8-16,19H2,1H3;1-2H3. The molecule has 1 saturated carbocycles. The van der Waals surface area contributed by atoms with Crippen LogP contribution in [-0.2, 0) is 6.42 Å². The van der Waals surface area contributed by atoms with Gasteiger partial charge >= 0.3 is 6.01 Å². The molecule has 2 N–H and O–H groups in total. The number of aromatic hydroxyl groups is 1. The van der Waals surface area contributed by atoms with Crippen LogP contribution in [0.1, 0.15) is 57.9 Å². The van der Waals surface area contributed by atoms with Crippen molar-refractivity contribution in [1.29, 1.82) is 0 Å². The number of nitrogens with one attached hydrogen (secondary N) is 1. The second-order valence-corrected chi connectivity index (χ2v) is 13.0. The molecule has 3 aliphatic heterocycles. The van der Waals surface area contributed by atoms with Gasteiger partial charge in [-0.15, -0.1) is 0 Å². The topological polar surface area (TPSA) is 95.9 Å². The molecule has 8 rings (SSSR count). The van der Waals surface area contributed by atoms with Gasteiger partial charge in [-0.1, -0.05) is 19.9 Å². The zero-order valence-electron chi connectivity index (χ0n) is 27.5. The van der Waals surface area contributed by atoms with Crippen molar-refractivity contribution in [3.63, 3.8) is 0 Å². The molecule has 4 aliphatic rings. The van der Waals surface area contributed by atoms with Gasteiger partial charge in [0.25, 0.3) is 0 Å². The summed E-state index contributed by atoms with van der Waals surface area (Å²) >= 11 is 0. The first kappa shape index (κ1) is 31.8. The Bertz CT molecular complexity index is 1780. The first-order chi connectivity index (χ1) is 22.9. The molecular weight excluding hydrogens is 602 g/mol. The minimum atomic E-state index is -0.690. The van der Waals surface area contributed by atoms with Gasteiger partial charge in [0.05, 0.1) is 12.6 Å². The molecule has 2 aromatic heterocycles. The van der Waals surface area contributed by atoms with Crippen LogP contribution in [0.5, 0.6) is 17.6 Å². The van der Waals surface area contributed by atoms with E-state index >= 15 is 8.78 Å². The van der Waals surface area contributed by atoms with Crippen LogP contribution in [0.25, 0.3) is 32.9 Å². The number of benzene rings is 2. The fourth-order valence-electron chi connectivity index (χ4n) is 7.76. The van der Waals surface area contributed by atoms with Crippen LogP contribution in [-0.4, -0.2) is 83.5 Å². The third-order valence-electron chi connectivity index (χ3n) is 10.2. The largest absolute Gasteiger partial charge is 0.508 e. The van der Waals surface area contributed by atoms with Gasteiger partial charge in [0.1, 0.15) is 40.6 Å². The number of aromatic nitrogens is 3. The lowest BCUT2D eigenvalue weighted by atomic mass is 9.93. The number of hydrogen-bond donors (Lipinski definition) is 2. The van der Waals surface area contributed by atoms with Gasteiger partial charge in [0.15, 0.2) is 5.82 Å². The van der Waals surface area contributed by atoms with E-state index in [0.29, 0.717) is 65.1 Å². The van der Waals surface area contributed by atoms with Gasteiger partial charge in [-0.25, -0.2) is 13.8 Å². The molecule has 250 valence electrons. The maximum atomic E-state index is 17.0. The number of halogens is 2. The summed E-state index contributed by atoms with van der Waals surface area (Å²) in [6.07, 6.45) is 7.00. The predicted octanol–water partition coefficient (Wildman–Crippen LogP) is 6.23. The maximum Gasteiger partial charge on any atom is 0.319 e. The van der Waals surface area contributed by atoms with Crippen LogP contribution in [0.2, 0.25) is 0 Å². The zero-order chi connectivity index (χ0) is 32.7. The smallest absolute Gasteiger partial charge is 0.319 e. The highest BCUT2D eigenvalue weighted by Crippen LogP contribution is 2.44. The first-order valence-corrected chi connectivity index (χ1v) is 17.2. The van der Waals surface area contributed by atoms with Crippen molar-refractivity contribution in [2.75, 3.05) is 57.9 Å². The molecule has 0 spiro atoms. The van der Waals surface area contributed by atoms with E-state index in [-0.39, 0.29) is 40.2 Å². The number of anilines is 1. The molecule has 47 heavy (non-hydrogen) atoms. The molecule has 5 heterocycles. The van der Waals surface area contributed by atoms with E-state index in [1.807, 2.05) is 13.8 Å². The van der Waals surface area contributed by atoms with Crippen molar-refractivity contribution in [1.82, 2.24) is 25.2 Å². The van der Waals surface area contributed by atoms with E-state index in [2.05, 4.69) is 25.1 Å². The molecule has 2 aromatic carbocycles. The van der Waals surface area contributed by atoms with E-state index in [9.17, 15) is 5.11 Å². The Hall–Kier alpha value is -3.83. The van der Waals surface area contributed by atoms with Crippen molar-refractivity contribution in [3.8, 4) is 28.9 Å². The number of phenolic OH excluding ortho intramolecular Hbond substituents is 1. The highest BCUT2D eigenvalue weighted by molar-refractivity contribution is 6.03. The van der Waals surface area contributed by atoms with Crippen LogP contribution >= 0.6 is 0 Å². The van der Waals surface area contributed by atoms with Crippen LogP contribution in [0.4, 0.5) is 14.6 Å². The Morgan fingerprint density at radius 2 is 1.72 bits per heavy atom. The summed E-state index contributed by atoms with van der Waals surface area (Å²) in [5.41, 5.74) is 0.745. The number of methoxy groups -OCH3 is 1. The Labute approximate surface area is 274 Å². The van der Waals surface area contributed by atoms with E-state index in [4.69, 9.17) is 14.5 Å². The minimum Gasteiger partial charge on any atom is -0.508 e. The lowest BCUT2D eigenvalue weighted by molar-refractivity contribution is 0.108. The van der Waals surface area contributed by atoms with Gasteiger partial charge < -0.3 is 24.8 Å². The molecule has 0 bridgehead atoms. The second kappa shape index (κ2) is 13.0. The predicted molar refractivity (Wildman–Crippen MR) is 180 cm³/mol. The normalized spacial score (nSPS) is 19.1. The molecule has 1 aliphatic carbocycles. The summed E-state index contributed by atoms with van der Waals surface area (Å²) in [6.45, 7) is 9.40. The third kappa shape index (κ3) is 5.82. The zero-order valence-corrected chi connectivity index (χ0v) is 27.5. The molecular formula is C36H44F2N6O3. The Morgan fingerprint density at radius 1 is 0.979 bits per heavy atom. The molecule has 0 unspecified atom stereocenters. The molecule has 9 nitrogen and oxygen atoms in total. The Balaban J connectivity index is 0.00000172. The summed E-state index contributed by atoms with van der Waals surface area (Å²) in [4.78, 5) is 18.8. The van der Waals surface area contributed by atoms with Gasteiger partial charge in [-0.05, 0) is 98.5 Å². The average Bonchev–Trinajstić information content (AvgIpc) is 3.70. The van der Waals surface area contributed by atoms with E-state index < -0.39 is 5.82 Å². The number of nitrogens with zero attached hydrogens (tertiary/aromatic N) is 5.